The van der Waals surface area contributed by atoms with Gasteiger partial charge in [0.2, 0.25) is 0 Å². The molecule has 5 heteroatoms. The maximum absolute atomic E-state index is 14.0. The van der Waals surface area contributed by atoms with Crippen LogP contribution in [-0.2, 0) is 6.42 Å². The summed E-state index contributed by atoms with van der Waals surface area (Å²) in [4.78, 5) is 0. The molecule has 1 radical (unpaired) electrons. The lowest BCUT2D eigenvalue weighted by atomic mass is 9.73. The lowest BCUT2D eigenvalue weighted by molar-refractivity contribution is 0.0799. The molecule has 1 heterocycles. The Morgan fingerprint density at radius 1 is 0.939 bits per heavy atom. The minimum Gasteiger partial charge on any atom is -0.485 e. The van der Waals surface area contributed by atoms with Crippen LogP contribution in [0.1, 0.15) is 89.5 Å². The Bertz CT molecular complexity index is 667. The first-order chi connectivity index (χ1) is 16.0. The minimum absolute atomic E-state index is 0.0108. The Morgan fingerprint density at radius 2 is 1.67 bits per heavy atom. The third-order valence-corrected chi connectivity index (χ3v) is 11.2. The second-order valence-corrected chi connectivity index (χ2v) is 13.5. The van der Waals surface area contributed by atoms with Crippen molar-refractivity contribution in [2.75, 3.05) is 6.61 Å². The minimum atomic E-state index is -2.59. The van der Waals surface area contributed by atoms with E-state index in [0.717, 1.165) is 36.2 Å². The van der Waals surface area contributed by atoms with Crippen LogP contribution in [0, 0.1) is 23.6 Å². The summed E-state index contributed by atoms with van der Waals surface area (Å²) in [6.07, 6.45) is 14.8. The van der Waals surface area contributed by atoms with Crippen LogP contribution in [0.15, 0.2) is 18.2 Å². The van der Waals surface area contributed by atoms with Gasteiger partial charge in [-0.2, -0.15) is 0 Å². The topological polar surface area (TPSA) is 9.23 Å². The number of benzene rings is 1. The zero-order valence-electron chi connectivity index (χ0n) is 20.6. The molecule has 1 aromatic carbocycles. The smallest absolute Gasteiger partial charge is 0.272 e. The number of halogens is 3. The molecular formula is C28H44F3OSi. The average molecular weight is 482 g/mol. The highest BCUT2D eigenvalue weighted by molar-refractivity contribution is 6.58. The second-order valence-electron chi connectivity index (χ2n) is 10.5. The van der Waals surface area contributed by atoms with E-state index in [0.29, 0.717) is 0 Å². The van der Waals surface area contributed by atoms with E-state index in [1.165, 1.54) is 82.8 Å². The molecule has 1 saturated heterocycles. The highest BCUT2D eigenvalue weighted by Gasteiger charge is 2.31. The van der Waals surface area contributed by atoms with Crippen LogP contribution in [-0.4, -0.2) is 21.8 Å². The van der Waals surface area contributed by atoms with E-state index in [2.05, 4.69) is 6.92 Å². The van der Waals surface area contributed by atoms with Crippen LogP contribution >= 0.6 is 0 Å². The van der Waals surface area contributed by atoms with Gasteiger partial charge in [-0.15, -0.1) is 0 Å². The van der Waals surface area contributed by atoms with Gasteiger partial charge in [-0.3, -0.25) is 0 Å². The zero-order valence-corrected chi connectivity index (χ0v) is 21.6. The molecule has 0 bridgehead atoms. The molecule has 0 N–H and O–H groups in total. The Labute approximate surface area is 201 Å². The monoisotopic (exact) mass is 481 g/mol. The molecule has 0 spiro atoms. The van der Waals surface area contributed by atoms with Gasteiger partial charge in [0.1, 0.15) is 6.61 Å². The van der Waals surface area contributed by atoms with Gasteiger partial charge in [-0.1, -0.05) is 88.9 Å². The fourth-order valence-electron chi connectivity index (χ4n) is 6.07. The van der Waals surface area contributed by atoms with Crippen LogP contribution < -0.4 is 4.74 Å². The molecule has 1 saturated carbocycles. The van der Waals surface area contributed by atoms with Crippen LogP contribution in [0.5, 0.6) is 5.75 Å². The van der Waals surface area contributed by atoms with Crippen molar-refractivity contribution in [1.82, 2.24) is 0 Å². The normalized spacial score (nSPS) is 22.7. The van der Waals surface area contributed by atoms with Gasteiger partial charge in [0.15, 0.2) is 11.6 Å². The molecule has 1 nitrogen and oxygen atoms in total. The van der Waals surface area contributed by atoms with E-state index in [9.17, 15) is 13.2 Å². The molecule has 1 aromatic rings. The van der Waals surface area contributed by atoms with E-state index in [1.807, 2.05) is 0 Å². The van der Waals surface area contributed by atoms with Crippen molar-refractivity contribution in [3.8, 4) is 5.75 Å². The van der Waals surface area contributed by atoms with Gasteiger partial charge in [-0.25, -0.2) is 13.2 Å². The third kappa shape index (κ3) is 9.30. The van der Waals surface area contributed by atoms with Crippen molar-refractivity contribution < 1.29 is 17.9 Å². The molecular weight excluding hydrogens is 437 g/mol. The van der Waals surface area contributed by atoms with Crippen molar-refractivity contribution in [2.45, 2.75) is 115 Å². The Balaban J connectivity index is 1.27. The van der Waals surface area contributed by atoms with Gasteiger partial charge >= 0.3 is 0 Å². The van der Waals surface area contributed by atoms with Gasteiger partial charge in [0.25, 0.3) is 6.43 Å². The second kappa shape index (κ2) is 14.4. The summed E-state index contributed by atoms with van der Waals surface area (Å²) in [6, 6.07) is 9.45. The van der Waals surface area contributed by atoms with Crippen molar-refractivity contribution in [1.29, 1.82) is 0 Å². The molecule has 0 aromatic heterocycles. The Kier molecular flexibility index (Phi) is 11.6. The van der Waals surface area contributed by atoms with Crippen LogP contribution in [0.4, 0.5) is 13.2 Å². The van der Waals surface area contributed by atoms with Gasteiger partial charge in [-0.05, 0) is 61.1 Å². The summed E-state index contributed by atoms with van der Waals surface area (Å²) in [5.41, 5.74) is 0.925. The number of rotatable bonds is 13. The first-order valence-electron chi connectivity index (χ1n) is 13.6. The summed E-state index contributed by atoms with van der Waals surface area (Å²) < 4.78 is 43.3. The largest absolute Gasteiger partial charge is 0.485 e. The number of ether oxygens (including phenoxy) is 1. The summed E-state index contributed by atoms with van der Waals surface area (Å²) in [7, 11) is -0.0108. The predicted molar refractivity (Wildman–Crippen MR) is 133 cm³/mol. The SMILES string of the molecule is CCCCC[Si]1CCC(C2CCC(CCCCc3ccc(OCC(F)F)c(F)c3)CC2)CC1. The lowest BCUT2D eigenvalue weighted by Gasteiger charge is -2.37. The van der Waals surface area contributed by atoms with E-state index in [4.69, 9.17) is 4.74 Å². The molecule has 0 atom stereocenters. The molecule has 1 aliphatic carbocycles. The summed E-state index contributed by atoms with van der Waals surface area (Å²) >= 11 is 0. The summed E-state index contributed by atoms with van der Waals surface area (Å²) in [5.74, 6) is 2.27. The van der Waals surface area contributed by atoms with Crippen molar-refractivity contribution in [3.05, 3.63) is 29.6 Å². The number of unbranched alkanes of at least 4 members (excludes halogenated alkanes) is 3. The van der Waals surface area contributed by atoms with E-state index in [-0.39, 0.29) is 14.5 Å². The Morgan fingerprint density at radius 3 is 2.33 bits per heavy atom. The Hall–Kier alpha value is -0.973. The standard InChI is InChI=1S/C28H44F3OSi/c1-2-3-6-17-33-18-15-25(16-19-33)24-12-9-22(10-13-24)7-4-5-8-23-11-14-27(26(29)20-23)32-21-28(30)31/h11,14,20,22,24-25,28H,2-10,12-13,15-19,21H2,1H3. The number of hydrogen-bond donors (Lipinski definition) is 0. The van der Waals surface area contributed by atoms with Gasteiger partial charge in [0, 0.05) is 8.80 Å². The number of aryl methyl sites for hydroxylation is 1. The summed E-state index contributed by atoms with van der Waals surface area (Å²) in [6.45, 7) is 1.55. The van der Waals surface area contributed by atoms with E-state index < -0.39 is 18.8 Å². The highest BCUT2D eigenvalue weighted by Crippen LogP contribution is 2.42. The molecule has 0 amide bonds. The quantitative estimate of drug-likeness (QED) is 0.202. The maximum Gasteiger partial charge on any atom is 0.272 e. The van der Waals surface area contributed by atoms with Crippen LogP contribution in [0.25, 0.3) is 0 Å². The number of hydrogen-bond acceptors (Lipinski definition) is 1. The van der Waals surface area contributed by atoms with E-state index in [1.54, 1.807) is 24.2 Å². The van der Waals surface area contributed by atoms with Crippen molar-refractivity contribution >= 4 is 8.80 Å². The first-order valence-corrected chi connectivity index (χ1v) is 15.7. The molecule has 0 unspecified atom stereocenters. The summed E-state index contributed by atoms with van der Waals surface area (Å²) in [5, 5.41) is 0. The third-order valence-electron chi connectivity index (χ3n) is 8.12. The van der Waals surface area contributed by atoms with Crippen molar-refractivity contribution in [3.63, 3.8) is 0 Å². The molecule has 187 valence electrons. The fraction of sp³-hybridized carbons (Fsp3) is 0.786. The molecule has 33 heavy (non-hydrogen) atoms. The zero-order chi connectivity index (χ0) is 23.5. The molecule has 2 fully saturated rings. The van der Waals surface area contributed by atoms with Crippen LogP contribution in [0.3, 0.4) is 0 Å². The number of alkyl halides is 2. The van der Waals surface area contributed by atoms with Crippen LogP contribution in [0.2, 0.25) is 18.1 Å². The van der Waals surface area contributed by atoms with Gasteiger partial charge in [0.05, 0.1) is 0 Å². The van der Waals surface area contributed by atoms with Gasteiger partial charge < -0.3 is 4.74 Å². The van der Waals surface area contributed by atoms with E-state index >= 15 is 0 Å². The molecule has 2 aliphatic rings. The first kappa shape index (κ1) is 26.6. The van der Waals surface area contributed by atoms with Crippen molar-refractivity contribution in [2.24, 2.45) is 17.8 Å². The molecule has 3 rings (SSSR count). The molecule has 1 aliphatic heterocycles. The lowest BCUT2D eigenvalue weighted by Crippen LogP contribution is -2.28. The predicted octanol–water partition coefficient (Wildman–Crippen LogP) is 9.08. The maximum atomic E-state index is 14.0. The fourth-order valence-corrected chi connectivity index (χ4v) is 9.13. The average Bonchev–Trinajstić information content (AvgIpc) is 2.82. The highest BCUT2D eigenvalue weighted by atomic mass is 28.3.